The van der Waals surface area contributed by atoms with Crippen molar-refractivity contribution in [1.29, 1.82) is 0 Å². The zero-order valence-corrected chi connectivity index (χ0v) is 17.7. The van der Waals surface area contributed by atoms with Gasteiger partial charge < -0.3 is 10.5 Å². The van der Waals surface area contributed by atoms with E-state index in [1.807, 2.05) is 0 Å². The number of aromatic nitrogens is 1. The van der Waals surface area contributed by atoms with Crippen molar-refractivity contribution < 1.29 is 39.9 Å². The Bertz CT molecular complexity index is 1150. The standard InChI is InChI=1S/C21H15F8N3OS/c22-14-3-1-10(6-15(23)16-4-2-11(7-31-16)20(24,25)26)5-12(14)19-9-33-17(21(27,28)29)13(19)8-34-18(30)32-19/h1-7,13,17H,8-9H2,(H2,30,32)/b15-6-/t13-,17+,19-/m1/s1. The van der Waals surface area contributed by atoms with Crippen molar-refractivity contribution >= 4 is 28.8 Å². The number of halogens is 8. The maximum Gasteiger partial charge on any atom is 0.417 e. The lowest BCUT2D eigenvalue weighted by molar-refractivity contribution is -0.215. The number of hydrogen-bond acceptors (Lipinski definition) is 5. The predicted octanol–water partition coefficient (Wildman–Crippen LogP) is 5.54. The van der Waals surface area contributed by atoms with E-state index in [1.165, 1.54) is 0 Å². The molecule has 0 amide bonds. The molecule has 2 aliphatic heterocycles. The summed E-state index contributed by atoms with van der Waals surface area (Å²) in [6.07, 6.45) is -10.2. The Morgan fingerprint density at radius 3 is 2.50 bits per heavy atom. The van der Waals surface area contributed by atoms with Crippen molar-refractivity contribution in [3.05, 3.63) is 64.7 Å². The number of rotatable bonds is 3. The zero-order chi connectivity index (χ0) is 24.9. The number of ether oxygens (including phenoxy) is 1. The molecule has 182 valence electrons. The molecule has 0 bridgehead atoms. The highest BCUT2D eigenvalue weighted by molar-refractivity contribution is 8.13. The fourth-order valence-electron chi connectivity index (χ4n) is 3.98. The Morgan fingerprint density at radius 2 is 1.88 bits per heavy atom. The van der Waals surface area contributed by atoms with Crippen molar-refractivity contribution in [2.75, 3.05) is 12.4 Å². The summed E-state index contributed by atoms with van der Waals surface area (Å²) in [5.41, 5.74) is 2.28. The average molecular weight is 509 g/mol. The third-order valence-corrected chi connectivity index (χ3v) is 6.50. The minimum atomic E-state index is -4.72. The van der Waals surface area contributed by atoms with Crippen LogP contribution in [0.1, 0.15) is 22.4 Å². The Kier molecular flexibility index (Phi) is 6.13. The molecule has 34 heavy (non-hydrogen) atoms. The number of nitrogens with zero attached hydrogens (tertiary/aromatic N) is 2. The van der Waals surface area contributed by atoms with Crippen LogP contribution in [0.3, 0.4) is 0 Å². The van der Waals surface area contributed by atoms with E-state index in [-0.39, 0.29) is 22.0 Å². The van der Waals surface area contributed by atoms with Crippen LogP contribution in [0.15, 0.2) is 41.5 Å². The first-order chi connectivity index (χ1) is 15.8. The second kappa shape index (κ2) is 8.52. The van der Waals surface area contributed by atoms with Gasteiger partial charge >= 0.3 is 12.4 Å². The summed E-state index contributed by atoms with van der Waals surface area (Å²) in [6.45, 7) is -0.587. The van der Waals surface area contributed by atoms with E-state index >= 15 is 0 Å². The van der Waals surface area contributed by atoms with E-state index in [1.54, 1.807) is 0 Å². The van der Waals surface area contributed by atoms with Crippen LogP contribution in [0.4, 0.5) is 35.1 Å². The number of fused-ring (bicyclic) bond motifs is 1. The molecule has 4 rings (SSSR count). The molecule has 2 aliphatic rings. The van der Waals surface area contributed by atoms with Gasteiger partial charge in [0.05, 0.1) is 17.9 Å². The number of amidine groups is 1. The van der Waals surface area contributed by atoms with Gasteiger partial charge in [-0.2, -0.15) is 26.3 Å². The molecule has 1 fully saturated rings. The Morgan fingerprint density at radius 1 is 1.15 bits per heavy atom. The molecule has 1 saturated heterocycles. The van der Waals surface area contributed by atoms with Gasteiger partial charge in [0.25, 0.3) is 0 Å². The smallest absolute Gasteiger partial charge is 0.379 e. The summed E-state index contributed by atoms with van der Waals surface area (Å²) in [7, 11) is 0. The molecule has 0 spiro atoms. The van der Waals surface area contributed by atoms with E-state index in [0.29, 0.717) is 12.3 Å². The number of thioether (sulfide) groups is 1. The number of nitrogens with two attached hydrogens (primary N) is 1. The van der Waals surface area contributed by atoms with Crippen LogP contribution < -0.4 is 5.73 Å². The van der Waals surface area contributed by atoms with E-state index in [2.05, 4.69) is 9.98 Å². The average Bonchev–Trinajstić information content (AvgIpc) is 3.14. The van der Waals surface area contributed by atoms with Crippen molar-refractivity contribution in [3.63, 3.8) is 0 Å². The summed E-state index contributed by atoms with van der Waals surface area (Å²) < 4.78 is 113. The molecule has 1 aromatic carbocycles. The molecule has 13 heteroatoms. The summed E-state index contributed by atoms with van der Waals surface area (Å²) in [6, 6.07) is 4.71. The van der Waals surface area contributed by atoms with Gasteiger partial charge in [0, 0.05) is 23.4 Å². The maximum absolute atomic E-state index is 14.9. The third-order valence-electron chi connectivity index (χ3n) is 5.59. The highest BCUT2D eigenvalue weighted by atomic mass is 32.2. The first kappa shape index (κ1) is 24.5. The monoisotopic (exact) mass is 509 g/mol. The summed E-state index contributed by atoms with van der Waals surface area (Å²) in [5.74, 6) is -3.31. The first-order valence-electron chi connectivity index (χ1n) is 9.68. The highest BCUT2D eigenvalue weighted by Crippen LogP contribution is 2.51. The molecule has 0 radical (unpaired) electrons. The van der Waals surface area contributed by atoms with Gasteiger partial charge in [-0.25, -0.2) is 13.8 Å². The molecule has 3 heterocycles. The molecule has 2 aromatic rings. The van der Waals surface area contributed by atoms with E-state index < -0.39 is 59.4 Å². The predicted molar refractivity (Wildman–Crippen MR) is 110 cm³/mol. The quantitative estimate of drug-likeness (QED) is 0.552. The molecular weight excluding hydrogens is 494 g/mol. The number of pyridine rings is 1. The maximum atomic E-state index is 14.9. The molecular formula is C21H15F8N3OS. The SMILES string of the molecule is NC1=N[C@@]2(c3cc(/C=C(\F)c4ccc(C(F)(F)F)cn4)ccc3F)CO[C@H](C(F)(F)F)[C@H]2CS1. The van der Waals surface area contributed by atoms with Crippen molar-refractivity contribution in [3.8, 4) is 0 Å². The highest BCUT2D eigenvalue weighted by Gasteiger charge is 2.61. The van der Waals surface area contributed by atoms with Crippen LogP contribution in [0, 0.1) is 11.7 Å². The van der Waals surface area contributed by atoms with E-state index in [4.69, 9.17) is 10.5 Å². The van der Waals surface area contributed by atoms with Gasteiger partial charge in [0.1, 0.15) is 17.2 Å². The molecule has 0 unspecified atom stereocenters. The summed E-state index contributed by atoms with van der Waals surface area (Å²) >= 11 is 0.893. The third kappa shape index (κ3) is 4.50. The molecule has 3 atom stereocenters. The van der Waals surface area contributed by atoms with Crippen LogP contribution >= 0.6 is 11.8 Å². The van der Waals surface area contributed by atoms with Gasteiger partial charge in [0.15, 0.2) is 11.3 Å². The lowest BCUT2D eigenvalue weighted by atomic mass is 9.78. The number of alkyl halides is 6. The lowest BCUT2D eigenvalue weighted by Gasteiger charge is -2.36. The topological polar surface area (TPSA) is 60.5 Å². The molecule has 2 N–H and O–H groups in total. The van der Waals surface area contributed by atoms with Crippen LogP contribution in [-0.4, -0.2) is 34.8 Å². The molecule has 4 nitrogen and oxygen atoms in total. The Balaban J connectivity index is 1.73. The number of benzene rings is 1. The second-order valence-corrected chi connectivity index (χ2v) is 8.77. The summed E-state index contributed by atoms with van der Waals surface area (Å²) in [4.78, 5) is 7.59. The number of hydrogen-bond donors (Lipinski definition) is 1. The van der Waals surface area contributed by atoms with Crippen LogP contribution in [0.5, 0.6) is 0 Å². The fraction of sp³-hybridized carbons (Fsp3) is 0.333. The van der Waals surface area contributed by atoms with E-state index in [0.717, 1.165) is 42.1 Å². The first-order valence-corrected chi connectivity index (χ1v) is 10.7. The molecule has 1 aromatic heterocycles. The fourth-order valence-corrected chi connectivity index (χ4v) is 5.01. The van der Waals surface area contributed by atoms with Crippen molar-refractivity contribution in [2.24, 2.45) is 16.6 Å². The van der Waals surface area contributed by atoms with Crippen LogP contribution in [0.25, 0.3) is 11.9 Å². The Hall–Kier alpha value is -2.67. The largest absolute Gasteiger partial charge is 0.417 e. The van der Waals surface area contributed by atoms with Crippen LogP contribution in [0.2, 0.25) is 0 Å². The Labute approximate surface area is 191 Å². The summed E-state index contributed by atoms with van der Waals surface area (Å²) in [5, 5.41) is -0.0387. The second-order valence-electron chi connectivity index (χ2n) is 7.73. The van der Waals surface area contributed by atoms with Crippen LogP contribution in [-0.2, 0) is 16.5 Å². The van der Waals surface area contributed by atoms with Gasteiger partial charge in [-0.15, -0.1) is 0 Å². The van der Waals surface area contributed by atoms with E-state index in [9.17, 15) is 35.1 Å². The van der Waals surface area contributed by atoms with Gasteiger partial charge in [-0.1, -0.05) is 17.8 Å². The van der Waals surface area contributed by atoms with Gasteiger partial charge in [-0.3, -0.25) is 4.98 Å². The normalized spacial score (nSPS) is 25.8. The van der Waals surface area contributed by atoms with Gasteiger partial charge in [0.2, 0.25) is 0 Å². The van der Waals surface area contributed by atoms with Crippen molar-refractivity contribution in [1.82, 2.24) is 4.98 Å². The minimum Gasteiger partial charge on any atom is -0.379 e. The van der Waals surface area contributed by atoms with Crippen molar-refractivity contribution in [2.45, 2.75) is 24.0 Å². The molecule has 0 aliphatic carbocycles. The molecule has 0 saturated carbocycles. The van der Waals surface area contributed by atoms with Gasteiger partial charge in [-0.05, 0) is 35.9 Å². The minimum absolute atomic E-state index is 0.0335. The number of aliphatic imine (C=N–C) groups is 1. The lowest BCUT2D eigenvalue weighted by Crippen LogP contribution is -2.46. The zero-order valence-electron chi connectivity index (χ0n) is 16.9.